The van der Waals surface area contributed by atoms with E-state index in [0.717, 1.165) is 11.2 Å². The van der Waals surface area contributed by atoms with Crippen molar-refractivity contribution in [2.45, 2.75) is 31.3 Å². The lowest BCUT2D eigenvalue weighted by molar-refractivity contribution is -0.152. The standard InChI is InChI=1S/C22H23NO9S/c1-22(2,3)32-19(26)11-23-14-10-13(33(4,28)29)8-9-15(14)31-17-7-5-6-16(20(17)21(23)27)30-12-18(24)25/h5-10H,11-12H2,1-4H3,(H,24,25). The van der Waals surface area contributed by atoms with E-state index in [-0.39, 0.29) is 33.4 Å². The van der Waals surface area contributed by atoms with Crippen molar-refractivity contribution >= 4 is 33.4 Å². The second kappa shape index (κ2) is 8.74. The fraction of sp³-hybridized carbons (Fsp3) is 0.318. The van der Waals surface area contributed by atoms with Gasteiger partial charge in [-0.15, -0.1) is 0 Å². The van der Waals surface area contributed by atoms with Crippen LogP contribution >= 0.6 is 0 Å². The zero-order chi connectivity index (χ0) is 24.6. The lowest BCUT2D eigenvalue weighted by atomic mass is 10.1. The summed E-state index contributed by atoms with van der Waals surface area (Å²) in [6.45, 7) is 3.75. The normalized spacial score (nSPS) is 13.3. The van der Waals surface area contributed by atoms with Gasteiger partial charge in [-0.05, 0) is 51.1 Å². The van der Waals surface area contributed by atoms with E-state index >= 15 is 0 Å². The Bertz CT molecular complexity index is 1230. The minimum Gasteiger partial charge on any atom is -0.481 e. The van der Waals surface area contributed by atoms with Crippen LogP contribution in [0.1, 0.15) is 31.1 Å². The van der Waals surface area contributed by atoms with Crippen molar-refractivity contribution in [3.05, 3.63) is 42.0 Å². The first kappa shape index (κ1) is 24.1. The first-order valence-corrected chi connectivity index (χ1v) is 11.7. The molecule has 0 atom stereocenters. The number of esters is 1. The monoisotopic (exact) mass is 477 g/mol. The summed E-state index contributed by atoms with van der Waals surface area (Å²) in [5.74, 6) is -2.62. The molecule has 176 valence electrons. The molecule has 0 unspecified atom stereocenters. The van der Waals surface area contributed by atoms with Gasteiger partial charge in [0.25, 0.3) is 5.91 Å². The molecule has 2 aromatic carbocycles. The van der Waals surface area contributed by atoms with Gasteiger partial charge in [-0.25, -0.2) is 13.2 Å². The highest BCUT2D eigenvalue weighted by atomic mass is 32.2. The third-order valence-corrected chi connectivity index (χ3v) is 5.48. The van der Waals surface area contributed by atoms with E-state index in [0.29, 0.717) is 0 Å². The number of carbonyl (C=O) groups excluding carboxylic acids is 2. The van der Waals surface area contributed by atoms with Gasteiger partial charge in [0.2, 0.25) is 0 Å². The van der Waals surface area contributed by atoms with Gasteiger partial charge < -0.3 is 19.3 Å². The summed E-state index contributed by atoms with van der Waals surface area (Å²) >= 11 is 0. The number of rotatable bonds is 6. The van der Waals surface area contributed by atoms with Crippen molar-refractivity contribution in [3.8, 4) is 17.2 Å². The van der Waals surface area contributed by atoms with Gasteiger partial charge in [-0.1, -0.05) is 6.07 Å². The number of hydrogen-bond donors (Lipinski definition) is 1. The number of sulfone groups is 1. The Balaban J connectivity index is 2.16. The molecule has 0 bridgehead atoms. The van der Waals surface area contributed by atoms with Crippen LogP contribution < -0.4 is 14.4 Å². The van der Waals surface area contributed by atoms with E-state index in [1.165, 1.54) is 36.4 Å². The largest absolute Gasteiger partial charge is 0.481 e. The maximum absolute atomic E-state index is 13.6. The molecule has 1 amide bonds. The fourth-order valence-electron chi connectivity index (χ4n) is 3.11. The number of nitrogens with zero attached hydrogens (tertiary/aromatic N) is 1. The quantitative estimate of drug-likeness (QED) is 0.623. The van der Waals surface area contributed by atoms with Crippen LogP contribution in [0.2, 0.25) is 0 Å². The summed E-state index contributed by atoms with van der Waals surface area (Å²) in [6.07, 6.45) is 1.01. The van der Waals surface area contributed by atoms with Crippen molar-refractivity contribution < 1.29 is 42.1 Å². The van der Waals surface area contributed by atoms with Crippen LogP contribution in [0.3, 0.4) is 0 Å². The molecule has 3 rings (SSSR count). The number of benzene rings is 2. The number of amides is 1. The summed E-state index contributed by atoms with van der Waals surface area (Å²) in [5, 5.41) is 8.96. The molecule has 0 spiro atoms. The second-order valence-corrected chi connectivity index (χ2v) is 10.3. The number of carboxylic acid groups (broad SMARTS) is 1. The highest BCUT2D eigenvalue weighted by molar-refractivity contribution is 7.90. The number of carbonyl (C=O) groups is 3. The van der Waals surface area contributed by atoms with Gasteiger partial charge in [0, 0.05) is 6.26 Å². The number of ether oxygens (including phenoxy) is 3. The molecule has 0 fully saturated rings. The number of hydrogen-bond acceptors (Lipinski definition) is 8. The summed E-state index contributed by atoms with van der Waals surface area (Å²) in [4.78, 5) is 38.1. The summed E-state index contributed by atoms with van der Waals surface area (Å²) < 4.78 is 40.7. The smallest absolute Gasteiger partial charge is 0.341 e. The molecule has 11 heteroatoms. The number of anilines is 1. The van der Waals surface area contributed by atoms with Crippen molar-refractivity contribution in [2.24, 2.45) is 0 Å². The molecule has 1 aliphatic heterocycles. The van der Waals surface area contributed by atoms with Crippen LogP contribution in [0.4, 0.5) is 5.69 Å². The first-order chi connectivity index (χ1) is 15.3. The van der Waals surface area contributed by atoms with E-state index in [1.807, 2.05) is 0 Å². The SMILES string of the molecule is CC(C)(C)OC(=O)CN1C(=O)c2c(OCC(=O)O)cccc2Oc2ccc(S(C)(=O)=O)cc21. The second-order valence-electron chi connectivity index (χ2n) is 8.29. The Kier molecular flexibility index (Phi) is 6.37. The maximum Gasteiger partial charge on any atom is 0.341 e. The highest BCUT2D eigenvalue weighted by Gasteiger charge is 2.34. The van der Waals surface area contributed by atoms with Gasteiger partial charge in [-0.2, -0.15) is 0 Å². The zero-order valence-electron chi connectivity index (χ0n) is 18.4. The van der Waals surface area contributed by atoms with E-state index in [2.05, 4.69) is 0 Å². The molecule has 0 radical (unpaired) electrons. The van der Waals surface area contributed by atoms with Gasteiger partial charge >= 0.3 is 11.9 Å². The molecule has 0 saturated heterocycles. The third-order valence-electron chi connectivity index (χ3n) is 4.37. The van der Waals surface area contributed by atoms with Gasteiger partial charge in [0.15, 0.2) is 22.2 Å². The minimum atomic E-state index is -3.64. The Labute approximate surface area is 190 Å². The van der Waals surface area contributed by atoms with Crippen LogP contribution in [-0.4, -0.2) is 56.4 Å². The highest BCUT2D eigenvalue weighted by Crippen LogP contribution is 2.43. The summed E-state index contributed by atoms with van der Waals surface area (Å²) in [7, 11) is -3.64. The Hall–Kier alpha value is -3.60. The van der Waals surface area contributed by atoms with Crippen molar-refractivity contribution in [3.63, 3.8) is 0 Å². The molecular formula is C22H23NO9S. The van der Waals surface area contributed by atoms with Crippen LogP contribution in [0, 0.1) is 0 Å². The van der Waals surface area contributed by atoms with Crippen LogP contribution in [0.25, 0.3) is 0 Å². The lowest BCUT2D eigenvalue weighted by Crippen LogP contribution is -2.38. The Morgan fingerprint density at radius 1 is 1.12 bits per heavy atom. The minimum absolute atomic E-state index is 0.0363. The molecule has 10 nitrogen and oxygen atoms in total. The first-order valence-electron chi connectivity index (χ1n) is 9.79. The molecule has 1 heterocycles. The van der Waals surface area contributed by atoms with E-state index < -0.39 is 46.4 Å². The van der Waals surface area contributed by atoms with Gasteiger partial charge in [0.1, 0.15) is 29.2 Å². The summed E-state index contributed by atoms with van der Waals surface area (Å²) in [6, 6.07) is 8.31. The lowest BCUT2D eigenvalue weighted by Gasteiger charge is -2.25. The van der Waals surface area contributed by atoms with Crippen molar-refractivity contribution in [2.75, 3.05) is 24.3 Å². The predicted octanol–water partition coefficient (Wildman–Crippen LogP) is 2.65. The van der Waals surface area contributed by atoms with E-state index in [9.17, 15) is 22.8 Å². The van der Waals surface area contributed by atoms with Gasteiger partial charge in [0.05, 0.1) is 10.6 Å². The summed E-state index contributed by atoms with van der Waals surface area (Å²) in [5.41, 5.74) is -0.901. The Morgan fingerprint density at radius 3 is 2.42 bits per heavy atom. The molecule has 1 aliphatic rings. The maximum atomic E-state index is 13.6. The van der Waals surface area contributed by atoms with Gasteiger partial charge in [-0.3, -0.25) is 14.5 Å². The molecule has 0 saturated carbocycles. The average Bonchev–Trinajstić information content (AvgIpc) is 2.79. The van der Waals surface area contributed by atoms with Crippen molar-refractivity contribution in [1.29, 1.82) is 0 Å². The molecule has 33 heavy (non-hydrogen) atoms. The van der Waals surface area contributed by atoms with Crippen molar-refractivity contribution in [1.82, 2.24) is 0 Å². The number of carboxylic acids is 1. The molecule has 1 N–H and O–H groups in total. The van der Waals surface area contributed by atoms with Crippen LogP contribution in [0.5, 0.6) is 17.2 Å². The van der Waals surface area contributed by atoms with E-state index in [1.54, 1.807) is 20.8 Å². The van der Waals surface area contributed by atoms with Crippen LogP contribution in [-0.2, 0) is 24.2 Å². The molecular weight excluding hydrogens is 454 g/mol. The third kappa shape index (κ3) is 5.61. The predicted molar refractivity (Wildman–Crippen MR) is 117 cm³/mol. The molecule has 0 aliphatic carbocycles. The molecule has 0 aromatic heterocycles. The number of fused-ring (bicyclic) bond motifs is 2. The topological polar surface area (TPSA) is 137 Å². The van der Waals surface area contributed by atoms with Crippen LogP contribution in [0.15, 0.2) is 41.3 Å². The van der Waals surface area contributed by atoms with E-state index in [4.69, 9.17) is 19.3 Å². The fourth-order valence-corrected chi connectivity index (χ4v) is 3.76. The average molecular weight is 477 g/mol. The Morgan fingerprint density at radius 2 is 1.82 bits per heavy atom. The number of aliphatic carboxylic acids is 1. The molecule has 2 aromatic rings. The zero-order valence-corrected chi connectivity index (χ0v) is 19.3.